The first-order chi connectivity index (χ1) is 10.8. The van der Waals surface area contributed by atoms with Crippen LogP contribution in [0.25, 0.3) is 0 Å². The molecular formula is C16H24N2O4S. The van der Waals surface area contributed by atoms with Crippen molar-refractivity contribution in [1.29, 1.82) is 0 Å². The van der Waals surface area contributed by atoms with Crippen LogP contribution < -0.4 is 9.62 Å². The van der Waals surface area contributed by atoms with Gasteiger partial charge in [0.1, 0.15) is 6.04 Å². The Hall–Kier alpha value is -1.60. The zero-order chi connectivity index (χ0) is 17.0. The van der Waals surface area contributed by atoms with E-state index in [0.29, 0.717) is 12.2 Å². The maximum absolute atomic E-state index is 12.4. The number of carbonyl (C=O) groups is 1. The minimum atomic E-state index is -3.58. The number of anilines is 1. The van der Waals surface area contributed by atoms with Crippen molar-refractivity contribution >= 4 is 21.6 Å². The third-order valence-corrected chi connectivity index (χ3v) is 5.11. The SMILES string of the molecule is Cc1cccc(N([C@H](C)C(=O)NC[C@@H]2CCCO2)S(C)(=O)=O)c1. The normalized spacial score (nSPS) is 19.3. The monoisotopic (exact) mass is 340 g/mol. The summed E-state index contributed by atoms with van der Waals surface area (Å²) in [5, 5.41) is 2.79. The maximum Gasteiger partial charge on any atom is 0.243 e. The molecule has 2 rings (SSSR count). The van der Waals surface area contributed by atoms with Crippen LogP contribution in [0.3, 0.4) is 0 Å². The topological polar surface area (TPSA) is 75.7 Å². The van der Waals surface area contributed by atoms with Crippen molar-refractivity contribution in [3.05, 3.63) is 29.8 Å². The number of carbonyl (C=O) groups excluding carboxylic acids is 1. The Morgan fingerprint density at radius 1 is 1.48 bits per heavy atom. The highest BCUT2D eigenvalue weighted by Gasteiger charge is 2.29. The molecule has 0 radical (unpaired) electrons. The van der Waals surface area contributed by atoms with Gasteiger partial charge in [0.2, 0.25) is 15.9 Å². The van der Waals surface area contributed by atoms with E-state index in [1.807, 2.05) is 13.0 Å². The number of nitrogens with zero attached hydrogens (tertiary/aromatic N) is 1. The second-order valence-electron chi connectivity index (χ2n) is 5.95. The van der Waals surface area contributed by atoms with E-state index in [2.05, 4.69) is 5.32 Å². The molecule has 1 fully saturated rings. The second kappa shape index (κ2) is 7.31. The van der Waals surface area contributed by atoms with Gasteiger partial charge in [-0.15, -0.1) is 0 Å². The fourth-order valence-electron chi connectivity index (χ4n) is 2.74. The predicted molar refractivity (Wildman–Crippen MR) is 89.9 cm³/mol. The van der Waals surface area contributed by atoms with Gasteiger partial charge in [-0.3, -0.25) is 9.10 Å². The molecule has 1 aromatic rings. The Morgan fingerprint density at radius 2 is 2.22 bits per heavy atom. The molecule has 0 aromatic heterocycles. The zero-order valence-electron chi connectivity index (χ0n) is 13.8. The molecule has 7 heteroatoms. The predicted octanol–water partition coefficient (Wildman–Crippen LogP) is 1.44. The zero-order valence-corrected chi connectivity index (χ0v) is 14.6. The number of hydrogen-bond acceptors (Lipinski definition) is 4. The molecule has 0 aliphatic carbocycles. The Morgan fingerprint density at radius 3 is 2.78 bits per heavy atom. The molecule has 23 heavy (non-hydrogen) atoms. The molecule has 2 atom stereocenters. The van der Waals surface area contributed by atoms with Crippen LogP contribution in [0.4, 0.5) is 5.69 Å². The molecule has 1 aliphatic rings. The molecule has 0 saturated carbocycles. The van der Waals surface area contributed by atoms with Crippen LogP contribution in [-0.2, 0) is 19.6 Å². The van der Waals surface area contributed by atoms with Gasteiger partial charge >= 0.3 is 0 Å². The van der Waals surface area contributed by atoms with E-state index < -0.39 is 16.1 Å². The fraction of sp³-hybridized carbons (Fsp3) is 0.562. The van der Waals surface area contributed by atoms with Gasteiger partial charge in [-0.05, 0) is 44.4 Å². The van der Waals surface area contributed by atoms with Crippen molar-refractivity contribution < 1.29 is 17.9 Å². The molecule has 1 saturated heterocycles. The summed E-state index contributed by atoms with van der Waals surface area (Å²) in [6.07, 6.45) is 3.05. The van der Waals surface area contributed by atoms with E-state index in [-0.39, 0.29) is 12.0 Å². The van der Waals surface area contributed by atoms with Crippen LogP contribution >= 0.6 is 0 Å². The van der Waals surface area contributed by atoms with Crippen LogP contribution in [0.5, 0.6) is 0 Å². The first-order valence-electron chi connectivity index (χ1n) is 7.74. The van der Waals surface area contributed by atoms with E-state index >= 15 is 0 Å². The third-order valence-electron chi connectivity index (χ3n) is 3.87. The first kappa shape index (κ1) is 17.7. The van der Waals surface area contributed by atoms with Crippen LogP contribution in [0.1, 0.15) is 25.3 Å². The van der Waals surface area contributed by atoms with E-state index in [9.17, 15) is 13.2 Å². The molecule has 6 nitrogen and oxygen atoms in total. The number of benzene rings is 1. The van der Waals surface area contributed by atoms with Gasteiger partial charge in [0.05, 0.1) is 18.0 Å². The molecule has 1 aromatic carbocycles. The number of ether oxygens (including phenoxy) is 1. The van der Waals surface area contributed by atoms with Gasteiger partial charge in [-0.2, -0.15) is 0 Å². The summed E-state index contributed by atoms with van der Waals surface area (Å²) in [5.41, 5.74) is 1.43. The molecule has 1 aliphatic heterocycles. The lowest BCUT2D eigenvalue weighted by Gasteiger charge is -2.28. The first-order valence-corrected chi connectivity index (χ1v) is 9.59. The molecule has 128 valence electrons. The highest BCUT2D eigenvalue weighted by atomic mass is 32.2. The second-order valence-corrected chi connectivity index (χ2v) is 7.81. The molecule has 0 unspecified atom stereocenters. The van der Waals surface area contributed by atoms with Crippen molar-refractivity contribution in [2.24, 2.45) is 0 Å². The Bertz CT molecular complexity index is 654. The van der Waals surface area contributed by atoms with E-state index in [1.165, 1.54) is 0 Å². The third kappa shape index (κ3) is 4.68. The largest absolute Gasteiger partial charge is 0.376 e. The highest BCUT2D eigenvalue weighted by Crippen LogP contribution is 2.22. The van der Waals surface area contributed by atoms with Crippen molar-refractivity contribution in [1.82, 2.24) is 5.32 Å². The number of amides is 1. The maximum atomic E-state index is 12.4. The number of nitrogens with one attached hydrogen (secondary N) is 1. The Kier molecular flexibility index (Phi) is 5.64. The fourth-order valence-corrected chi connectivity index (χ4v) is 3.91. The number of hydrogen-bond donors (Lipinski definition) is 1. The highest BCUT2D eigenvalue weighted by molar-refractivity contribution is 7.92. The minimum absolute atomic E-state index is 0.0248. The average molecular weight is 340 g/mol. The molecule has 1 N–H and O–H groups in total. The lowest BCUT2D eigenvalue weighted by atomic mass is 10.2. The minimum Gasteiger partial charge on any atom is -0.376 e. The molecular weight excluding hydrogens is 316 g/mol. The van der Waals surface area contributed by atoms with Crippen LogP contribution in [0, 0.1) is 6.92 Å². The van der Waals surface area contributed by atoms with Gasteiger partial charge < -0.3 is 10.1 Å². The number of aryl methyl sites for hydroxylation is 1. The summed E-state index contributed by atoms with van der Waals surface area (Å²) in [6, 6.07) is 6.28. The summed E-state index contributed by atoms with van der Waals surface area (Å²) in [4.78, 5) is 12.4. The van der Waals surface area contributed by atoms with Crippen LogP contribution in [0.2, 0.25) is 0 Å². The average Bonchev–Trinajstić information content (AvgIpc) is 2.96. The Labute approximate surface area is 137 Å². The number of sulfonamides is 1. The summed E-state index contributed by atoms with van der Waals surface area (Å²) in [6.45, 7) is 4.60. The van der Waals surface area contributed by atoms with Gasteiger partial charge in [0.15, 0.2) is 0 Å². The van der Waals surface area contributed by atoms with E-state index in [0.717, 1.165) is 35.6 Å². The van der Waals surface area contributed by atoms with Gasteiger partial charge in [-0.1, -0.05) is 12.1 Å². The summed E-state index contributed by atoms with van der Waals surface area (Å²) in [7, 11) is -3.58. The van der Waals surface area contributed by atoms with Crippen molar-refractivity contribution in [3.8, 4) is 0 Å². The van der Waals surface area contributed by atoms with Crippen molar-refractivity contribution in [2.45, 2.75) is 38.8 Å². The lowest BCUT2D eigenvalue weighted by Crippen LogP contribution is -2.49. The van der Waals surface area contributed by atoms with Crippen LogP contribution in [0.15, 0.2) is 24.3 Å². The van der Waals surface area contributed by atoms with Crippen molar-refractivity contribution in [3.63, 3.8) is 0 Å². The summed E-state index contributed by atoms with van der Waals surface area (Å²) in [5.74, 6) is -0.326. The van der Waals surface area contributed by atoms with E-state index in [1.54, 1.807) is 25.1 Å². The molecule has 1 amide bonds. The molecule has 0 spiro atoms. The number of rotatable bonds is 6. The standard InChI is InChI=1S/C16H24N2O4S/c1-12-6-4-7-14(10-12)18(23(3,20)21)13(2)16(19)17-11-15-8-5-9-22-15/h4,6-7,10,13,15H,5,8-9,11H2,1-3H3,(H,17,19)/t13-,15+/m1/s1. The van der Waals surface area contributed by atoms with Crippen molar-refractivity contribution in [2.75, 3.05) is 23.7 Å². The van der Waals surface area contributed by atoms with Gasteiger partial charge in [0.25, 0.3) is 0 Å². The summed E-state index contributed by atoms with van der Waals surface area (Å²) >= 11 is 0. The smallest absolute Gasteiger partial charge is 0.243 e. The lowest BCUT2D eigenvalue weighted by molar-refractivity contribution is -0.122. The molecule has 1 heterocycles. The van der Waals surface area contributed by atoms with Gasteiger partial charge in [-0.25, -0.2) is 8.42 Å². The van der Waals surface area contributed by atoms with Gasteiger partial charge in [0, 0.05) is 13.2 Å². The summed E-state index contributed by atoms with van der Waals surface area (Å²) < 4.78 is 31.0. The van der Waals surface area contributed by atoms with E-state index in [4.69, 9.17) is 4.74 Å². The quantitative estimate of drug-likeness (QED) is 0.850. The molecule has 0 bridgehead atoms. The van der Waals surface area contributed by atoms with Crippen LogP contribution in [-0.4, -0.2) is 45.9 Å². The Balaban J connectivity index is 2.13.